The van der Waals surface area contributed by atoms with Crippen LogP contribution in [0.4, 0.5) is 11.4 Å². The molecule has 9 nitrogen and oxygen atoms in total. The Morgan fingerprint density at radius 1 is 1.26 bits per heavy atom. The van der Waals surface area contributed by atoms with Crippen LogP contribution in [0, 0.1) is 17.0 Å². The molecule has 1 aromatic heterocycles. The van der Waals surface area contributed by atoms with Gasteiger partial charge in [-0.15, -0.1) is 0 Å². The number of aromatic nitrogens is 2. The summed E-state index contributed by atoms with van der Waals surface area (Å²) in [6.07, 6.45) is 1.21. The van der Waals surface area contributed by atoms with Crippen molar-refractivity contribution in [2.24, 2.45) is 4.99 Å². The normalized spacial score (nSPS) is 11.0. The molecule has 0 unspecified atom stereocenters. The first kappa shape index (κ1) is 17.8. The van der Waals surface area contributed by atoms with E-state index in [-0.39, 0.29) is 28.1 Å². The molecule has 136 valence electrons. The molecular formula is C18H14N4O5. The summed E-state index contributed by atoms with van der Waals surface area (Å²) in [5.41, 5.74) is 0.407. The molecule has 2 aromatic carbocycles. The summed E-state index contributed by atoms with van der Waals surface area (Å²) < 4.78 is 1.34. The number of benzene rings is 2. The van der Waals surface area contributed by atoms with E-state index in [9.17, 15) is 24.8 Å². The lowest BCUT2D eigenvalue weighted by Crippen LogP contribution is -2.17. The zero-order valence-corrected chi connectivity index (χ0v) is 14.1. The zero-order chi connectivity index (χ0) is 19.6. The molecule has 0 saturated heterocycles. The molecule has 0 aliphatic heterocycles. The highest BCUT2D eigenvalue weighted by Gasteiger charge is 2.16. The predicted molar refractivity (Wildman–Crippen MR) is 98.4 cm³/mol. The number of nitro groups is 1. The highest BCUT2D eigenvalue weighted by atomic mass is 16.6. The Balaban J connectivity index is 2.06. The van der Waals surface area contributed by atoms with Crippen LogP contribution < -0.4 is 5.56 Å². The minimum atomic E-state index is -1.27. The van der Waals surface area contributed by atoms with Crippen molar-refractivity contribution in [3.63, 3.8) is 0 Å². The van der Waals surface area contributed by atoms with Crippen molar-refractivity contribution in [2.75, 3.05) is 0 Å². The number of non-ortho nitro benzene ring substituents is 1. The fourth-order valence-electron chi connectivity index (χ4n) is 2.53. The standard InChI is InChI=1S/C18H14N4O5/c1-11-15(17(23)21(20-11)12-5-3-2-4-6-12)10-19-16-9-13(22(26)27)7-8-14(16)18(24)25/h2-10,20H,1H3,(H,24,25). The van der Waals surface area contributed by atoms with Gasteiger partial charge in [0, 0.05) is 24.0 Å². The molecule has 0 bridgehead atoms. The van der Waals surface area contributed by atoms with Crippen molar-refractivity contribution in [1.82, 2.24) is 9.78 Å². The Labute approximate surface area is 152 Å². The first-order valence-corrected chi connectivity index (χ1v) is 7.81. The van der Waals surface area contributed by atoms with E-state index < -0.39 is 10.9 Å². The first-order chi connectivity index (χ1) is 12.9. The van der Waals surface area contributed by atoms with Crippen LogP contribution in [0.2, 0.25) is 0 Å². The molecule has 0 aliphatic rings. The number of hydrogen-bond donors (Lipinski definition) is 2. The Hall–Kier alpha value is -4.01. The summed E-state index contributed by atoms with van der Waals surface area (Å²) in [7, 11) is 0. The molecule has 27 heavy (non-hydrogen) atoms. The van der Waals surface area contributed by atoms with Crippen molar-refractivity contribution < 1.29 is 14.8 Å². The number of carbonyl (C=O) groups is 1. The molecule has 2 N–H and O–H groups in total. The van der Waals surface area contributed by atoms with E-state index in [1.807, 2.05) is 6.07 Å². The van der Waals surface area contributed by atoms with Crippen molar-refractivity contribution in [3.8, 4) is 5.69 Å². The topological polar surface area (TPSA) is 131 Å². The zero-order valence-electron chi connectivity index (χ0n) is 14.1. The van der Waals surface area contributed by atoms with E-state index in [2.05, 4.69) is 10.1 Å². The van der Waals surface area contributed by atoms with Gasteiger partial charge in [0.2, 0.25) is 0 Å². The van der Waals surface area contributed by atoms with E-state index in [1.54, 1.807) is 31.2 Å². The number of para-hydroxylation sites is 1. The van der Waals surface area contributed by atoms with Crippen molar-refractivity contribution in [1.29, 1.82) is 0 Å². The van der Waals surface area contributed by atoms with Crippen LogP contribution in [0.3, 0.4) is 0 Å². The lowest BCUT2D eigenvalue weighted by molar-refractivity contribution is -0.384. The number of nitrogens with one attached hydrogen (secondary N) is 1. The summed E-state index contributed by atoms with van der Waals surface area (Å²) in [4.78, 5) is 38.2. The highest BCUT2D eigenvalue weighted by molar-refractivity contribution is 5.95. The summed E-state index contributed by atoms with van der Waals surface area (Å²) in [6, 6.07) is 12.1. The van der Waals surface area contributed by atoms with Gasteiger partial charge in [-0.2, -0.15) is 0 Å². The van der Waals surface area contributed by atoms with E-state index in [4.69, 9.17) is 0 Å². The Morgan fingerprint density at radius 3 is 2.59 bits per heavy atom. The Kier molecular flexibility index (Phi) is 4.67. The van der Waals surface area contributed by atoms with Crippen LogP contribution >= 0.6 is 0 Å². The SMILES string of the molecule is Cc1[nH]n(-c2ccccc2)c(=O)c1C=Nc1cc([N+](=O)[O-])ccc1C(=O)O. The van der Waals surface area contributed by atoms with Crippen molar-refractivity contribution >= 4 is 23.6 Å². The molecule has 0 amide bonds. The third kappa shape index (κ3) is 3.52. The van der Waals surface area contributed by atoms with Crippen LogP contribution in [0.25, 0.3) is 5.69 Å². The third-order valence-electron chi connectivity index (χ3n) is 3.89. The molecular weight excluding hydrogens is 352 g/mol. The number of aromatic amines is 1. The second kappa shape index (κ2) is 7.08. The number of nitrogens with zero attached hydrogens (tertiary/aromatic N) is 3. The van der Waals surface area contributed by atoms with Gasteiger partial charge >= 0.3 is 5.97 Å². The molecule has 3 rings (SSSR count). The third-order valence-corrected chi connectivity index (χ3v) is 3.89. The fourth-order valence-corrected chi connectivity index (χ4v) is 2.53. The molecule has 0 spiro atoms. The average molecular weight is 366 g/mol. The molecule has 0 saturated carbocycles. The van der Waals surface area contributed by atoms with E-state index >= 15 is 0 Å². The number of H-pyrrole nitrogens is 1. The van der Waals surface area contributed by atoms with Crippen LogP contribution in [0.1, 0.15) is 21.6 Å². The predicted octanol–water partition coefficient (Wildman–Crippen LogP) is 2.83. The number of nitro benzene ring substituents is 1. The van der Waals surface area contributed by atoms with Gasteiger partial charge in [-0.25, -0.2) is 9.48 Å². The lowest BCUT2D eigenvalue weighted by atomic mass is 10.1. The number of carboxylic acid groups (broad SMARTS) is 1. The molecule has 1 heterocycles. The minimum absolute atomic E-state index is 0.108. The molecule has 0 atom stereocenters. The van der Waals surface area contributed by atoms with Crippen LogP contribution in [-0.4, -0.2) is 32.0 Å². The number of rotatable bonds is 5. The van der Waals surface area contributed by atoms with Gasteiger partial charge in [-0.3, -0.25) is 25.0 Å². The monoisotopic (exact) mass is 366 g/mol. The van der Waals surface area contributed by atoms with Gasteiger partial charge in [0.15, 0.2) is 0 Å². The second-order valence-corrected chi connectivity index (χ2v) is 5.65. The van der Waals surface area contributed by atoms with Gasteiger partial charge < -0.3 is 5.11 Å². The largest absolute Gasteiger partial charge is 0.478 e. The molecule has 9 heteroatoms. The fraction of sp³-hybridized carbons (Fsp3) is 0.0556. The van der Waals surface area contributed by atoms with Crippen molar-refractivity contribution in [3.05, 3.63) is 85.8 Å². The first-order valence-electron chi connectivity index (χ1n) is 7.81. The number of aryl methyl sites for hydroxylation is 1. The maximum Gasteiger partial charge on any atom is 0.337 e. The van der Waals surface area contributed by atoms with E-state index in [1.165, 1.54) is 10.9 Å². The number of aliphatic imine (C=N–C) groups is 1. The maximum atomic E-state index is 12.6. The second-order valence-electron chi connectivity index (χ2n) is 5.65. The maximum absolute atomic E-state index is 12.6. The van der Waals surface area contributed by atoms with Gasteiger partial charge in [0.25, 0.3) is 11.2 Å². The van der Waals surface area contributed by atoms with Gasteiger partial charge in [0.05, 0.1) is 27.4 Å². The Morgan fingerprint density at radius 2 is 1.96 bits per heavy atom. The summed E-state index contributed by atoms with van der Waals surface area (Å²) in [5, 5.41) is 23.1. The highest BCUT2D eigenvalue weighted by Crippen LogP contribution is 2.25. The van der Waals surface area contributed by atoms with Crippen LogP contribution in [0.15, 0.2) is 58.3 Å². The average Bonchev–Trinajstić information content (AvgIpc) is 2.94. The molecule has 0 aliphatic carbocycles. The van der Waals surface area contributed by atoms with E-state index in [0.29, 0.717) is 11.4 Å². The van der Waals surface area contributed by atoms with Gasteiger partial charge in [-0.05, 0) is 25.1 Å². The lowest BCUT2D eigenvalue weighted by Gasteiger charge is -2.00. The number of aromatic carboxylic acids is 1. The van der Waals surface area contributed by atoms with Crippen LogP contribution in [0.5, 0.6) is 0 Å². The van der Waals surface area contributed by atoms with Crippen LogP contribution in [-0.2, 0) is 0 Å². The van der Waals surface area contributed by atoms with E-state index in [0.717, 1.165) is 18.2 Å². The number of carboxylic acids is 1. The molecule has 3 aromatic rings. The summed E-state index contributed by atoms with van der Waals surface area (Å²) >= 11 is 0. The summed E-state index contributed by atoms with van der Waals surface area (Å²) in [6.45, 7) is 1.67. The van der Waals surface area contributed by atoms with Crippen molar-refractivity contribution in [2.45, 2.75) is 6.92 Å². The Bertz CT molecular complexity index is 1110. The van der Waals surface area contributed by atoms with Gasteiger partial charge in [-0.1, -0.05) is 18.2 Å². The minimum Gasteiger partial charge on any atom is -0.478 e. The van der Waals surface area contributed by atoms with Gasteiger partial charge in [0.1, 0.15) is 0 Å². The molecule has 0 fully saturated rings. The summed E-state index contributed by atoms with van der Waals surface area (Å²) in [5.74, 6) is -1.27. The molecule has 0 radical (unpaired) electrons. The smallest absolute Gasteiger partial charge is 0.337 e. The quantitative estimate of drug-likeness (QED) is 0.407. The number of hydrogen-bond acceptors (Lipinski definition) is 5.